The molecule has 1 aromatic rings. The summed E-state index contributed by atoms with van der Waals surface area (Å²) in [5, 5.41) is 3.27. The van der Waals surface area contributed by atoms with Crippen LogP contribution in [-0.4, -0.2) is 60.5 Å². The van der Waals surface area contributed by atoms with Crippen molar-refractivity contribution in [2.24, 2.45) is 5.73 Å². The van der Waals surface area contributed by atoms with Crippen molar-refractivity contribution in [1.82, 2.24) is 14.9 Å². The zero-order valence-corrected chi connectivity index (χ0v) is 14.3. The SMILES string of the molecule is CN1CC=C(CNc2nc(N3CCCCC3)cnc2C(N)=O)CC1. The summed E-state index contributed by atoms with van der Waals surface area (Å²) in [4.78, 5) is 25.0. The Bertz CT molecular complexity index is 624. The first-order valence-corrected chi connectivity index (χ1v) is 8.65. The third-order valence-corrected chi connectivity index (χ3v) is 4.66. The van der Waals surface area contributed by atoms with E-state index in [1.54, 1.807) is 6.20 Å². The van der Waals surface area contributed by atoms with E-state index in [1.165, 1.54) is 24.8 Å². The van der Waals surface area contributed by atoms with Gasteiger partial charge in [-0.15, -0.1) is 0 Å². The molecule has 0 bridgehead atoms. The van der Waals surface area contributed by atoms with Crippen molar-refractivity contribution < 1.29 is 4.79 Å². The van der Waals surface area contributed by atoms with Gasteiger partial charge < -0.3 is 20.9 Å². The number of nitrogens with two attached hydrogens (primary N) is 1. The fourth-order valence-electron chi connectivity index (χ4n) is 3.13. The molecule has 0 aromatic carbocycles. The zero-order chi connectivity index (χ0) is 16.9. The average Bonchev–Trinajstić information content (AvgIpc) is 2.61. The van der Waals surface area contributed by atoms with Gasteiger partial charge >= 0.3 is 0 Å². The topological polar surface area (TPSA) is 87.4 Å². The number of anilines is 2. The molecule has 0 saturated carbocycles. The molecule has 0 aliphatic carbocycles. The highest BCUT2D eigenvalue weighted by atomic mass is 16.1. The molecule has 2 aliphatic heterocycles. The van der Waals surface area contributed by atoms with E-state index in [0.717, 1.165) is 38.4 Å². The van der Waals surface area contributed by atoms with Gasteiger partial charge in [-0.2, -0.15) is 0 Å². The summed E-state index contributed by atoms with van der Waals surface area (Å²) in [5.74, 6) is 0.762. The zero-order valence-electron chi connectivity index (χ0n) is 14.3. The maximum atomic E-state index is 11.6. The third kappa shape index (κ3) is 4.03. The first kappa shape index (κ1) is 16.7. The van der Waals surface area contributed by atoms with Gasteiger partial charge in [0.1, 0.15) is 5.82 Å². The average molecular weight is 330 g/mol. The lowest BCUT2D eigenvalue weighted by molar-refractivity contribution is 0.0996. The van der Waals surface area contributed by atoms with Crippen LogP contribution in [0.5, 0.6) is 0 Å². The molecule has 7 heteroatoms. The van der Waals surface area contributed by atoms with Crippen molar-refractivity contribution in [3.63, 3.8) is 0 Å². The van der Waals surface area contributed by atoms with Crippen LogP contribution < -0.4 is 16.0 Å². The van der Waals surface area contributed by atoms with E-state index in [2.05, 4.69) is 38.2 Å². The van der Waals surface area contributed by atoms with Gasteiger partial charge in [0.15, 0.2) is 11.5 Å². The highest BCUT2D eigenvalue weighted by Crippen LogP contribution is 2.21. The molecular weight excluding hydrogens is 304 g/mol. The van der Waals surface area contributed by atoms with Crippen LogP contribution in [0.2, 0.25) is 0 Å². The van der Waals surface area contributed by atoms with Crippen LogP contribution in [0.25, 0.3) is 0 Å². The minimum atomic E-state index is -0.549. The molecule has 1 saturated heterocycles. The minimum Gasteiger partial charge on any atom is -0.364 e. The van der Waals surface area contributed by atoms with Gasteiger partial charge in [0.2, 0.25) is 0 Å². The lowest BCUT2D eigenvalue weighted by atomic mass is 10.1. The van der Waals surface area contributed by atoms with E-state index >= 15 is 0 Å². The molecule has 0 atom stereocenters. The number of carbonyl (C=O) groups excluding carboxylic acids is 1. The van der Waals surface area contributed by atoms with Crippen molar-refractivity contribution >= 4 is 17.5 Å². The summed E-state index contributed by atoms with van der Waals surface area (Å²) in [5.41, 5.74) is 6.99. The number of aromatic nitrogens is 2. The number of likely N-dealkylation sites (N-methyl/N-ethyl adjacent to an activating group) is 1. The Labute approximate surface area is 142 Å². The number of hydrogen-bond acceptors (Lipinski definition) is 6. The van der Waals surface area contributed by atoms with Gasteiger partial charge in [-0.05, 0) is 32.7 Å². The second-order valence-corrected chi connectivity index (χ2v) is 6.57. The van der Waals surface area contributed by atoms with Crippen molar-refractivity contribution in [3.8, 4) is 0 Å². The number of nitrogens with zero attached hydrogens (tertiary/aromatic N) is 4. The van der Waals surface area contributed by atoms with Crippen molar-refractivity contribution in [2.75, 3.05) is 50.0 Å². The molecule has 0 spiro atoms. The Balaban J connectivity index is 1.74. The van der Waals surface area contributed by atoms with E-state index in [9.17, 15) is 4.79 Å². The molecule has 3 rings (SSSR count). The van der Waals surface area contributed by atoms with Crippen LogP contribution in [0.15, 0.2) is 17.8 Å². The van der Waals surface area contributed by atoms with E-state index in [4.69, 9.17) is 5.73 Å². The summed E-state index contributed by atoms with van der Waals surface area (Å²) in [7, 11) is 2.11. The van der Waals surface area contributed by atoms with Crippen LogP contribution in [0, 0.1) is 0 Å². The lowest BCUT2D eigenvalue weighted by Gasteiger charge is -2.28. The maximum absolute atomic E-state index is 11.6. The predicted octanol–water partition coefficient (Wildman–Crippen LogP) is 1.24. The Morgan fingerprint density at radius 1 is 1.29 bits per heavy atom. The molecule has 7 nitrogen and oxygen atoms in total. The van der Waals surface area contributed by atoms with Gasteiger partial charge in [0, 0.05) is 32.7 Å². The van der Waals surface area contributed by atoms with Gasteiger partial charge in [0.05, 0.1) is 6.20 Å². The normalized spacial score (nSPS) is 19.0. The van der Waals surface area contributed by atoms with E-state index in [1.807, 2.05) is 0 Å². The molecule has 1 fully saturated rings. The molecule has 1 aromatic heterocycles. The maximum Gasteiger partial charge on any atom is 0.271 e. The van der Waals surface area contributed by atoms with Crippen LogP contribution in [0.1, 0.15) is 36.2 Å². The second kappa shape index (κ2) is 7.61. The molecule has 24 heavy (non-hydrogen) atoms. The Hall–Kier alpha value is -2.15. The van der Waals surface area contributed by atoms with Crippen molar-refractivity contribution in [3.05, 3.63) is 23.5 Å². The third-order valence-electron chi connectivity index (χ3n) is 4.66. The van der Waals surface area contributed by atoms with Gasteiger partial charge in [0.25, 0.3) is 5.91 Å². The smallest absolute Gasteiger partial charge is 0.271 e. The fourth-order valence-corrected chi connectivity index (χ4v) is 3.13. The standard InChI is InChI=1S/C17H26N6O/c1-22-9-5-13(6-10-22)11-20-17-15(16(18)24)19-12-14(21-17)23-7-3-2-4-8-23/h5,12H,2-4,6-11H2,1H3,(H2,18,24)(H,20,21). The molecule has 3 N–H and O–H groups in total. The first-order valence-electron chi connectivity index (χ1n) is 8.65. The number of rotatable bonds is 5. The minimum absolute atomic E-state index is 0.212. The predicted molar refractivity (Wildman–Crippen MR) is 95.3 cm³/mol. The molecule has 0 unspecified atom stereocenters. The van der Waals surface area contributed by atoms with Crippen molar-refractivity contribution in [1.29, 1.82) is 0 Å². The Morgan fingerprint density at radius 3 is 2.75 bits per heavy atom. The summed E-state index contributed by atoms with van der Waals surface area (Å²) in [6.07, 6.45) is 8.50. The first-order chi connectivity index (χ1) is 11.6. The van der Waals surface area contributed by atoms with E-state index in [-0.39, 0.29) is 5.69 Å². The summed E-state index contributed by atoms with van der Waals surface area (Å²) in [6, 6.07) is 0. The summed E-state index contributed by atoms with van der Waals surface area (Å²) < 4.78 is 0. The largest absolute Gasteiger partial charge is 0.364 e. The number of nitrogens with one attached hydrogen (secondary N) is 1. The number of carbonyl (C=O) groups is 1. The Kier molecular flexibility index (Phi) is 5.30. The van der Waals surface area contributed by atoms with Gasteiger partial charge in [-0.3, -0.25) is 4.79 Å². The Morgan fingerprint density at radius 2 is 2.08 bits per heavy atom. The number of primary amides is 1. The van der Waals surface area contributed by atoms with E-state index < -0.39 is 5.91 Å². The van der Waals surface area contributed by atoms with Gasteiger partial charge in [-0.1, -0.05) is 11.6 Å². The fraction of sp³-hybridized carbons (Fsp3) is 0.588. The van der Waals surface area contributed by atoms with E-state index in [0.29, 0.717) is 12.4 Å². The van der Waals surface area contributed by atoms with Crippen LogP contribution in [0.3, 0.4) is 0 Å². The van der Waals surface area contributed by atoms with Crippen molar-refractivity contribution in [2.45, 2.75) is 25.7 Å². The number of hydrogen-bond donors (Lipinski definition) is 2. The molecular formula is C17H26N6O. The van der Waals surface area contributed by atoms with Crippen LogP contribution in [-0.2, 0) is 0 Å². The lowest BCUT2D eigenvalue weighted by Crippen LogP contribution is -2.31. The number of amides is 1. The van der Waals surface area contributed by atoms with Crippen LogP contribution in [0.4, 0.5) is 11.6 Å². The quantitative estimate of drug-likeness (QED) is 0.790. The highest BCUT2D eigenvalue weighted by molar-refractivity contribution is 5.95. The second-order valence-electron chi connectivity index (χ2n) is 6.57. The number of piperidine rings is 1. The monoisotopic (exact) mass is 330 g/mol. The highest BCUT2D eigenvalue weighted by Gasteiger charge is 2.18. The molecule has 130 valence electrons. The van der Waals surface area contributed by atoms with Crippen LogP contribution >= 0.6 is 0 Å². The molecule has 2 aliphatic rings. The molecule has 1 amide bonds. The van der Waals surface area contributed by atoms with Gasteiger partial charge in [-0.25, -0.2) is 9.97 Å². The molecule has 3 heterocycles. The summed E-state index contributed by atoms with van der Waals surface area (Å²) in [6.45, 7) is 4.66. The summed E-state index contributed by atoms with van der Waals surface area (Å²) >= 11 is 0. The molecule has 0 radical (unpaired) electrons.